The molecule has 12 heavy (non-hydrogen) atoms. The molecule has 0 radical (unpaired) electrons. The predicted molar refractivity (Wildman–Crippen MR) is 39.6 cm³/mol. The van der Waals surface area contributed by atoms with Crippen molar-refractivity contribution < 1.29 is 19.7 Å². The first-order valence-corrected chi connectivity index (χ1v) is 4.24. The van der Waals surface area contributed by atoms with Gasteiger partial charge in [-0.25, -0.2) is 0 Å². The van der Waals surface area contributed by atoms with Crippen molar-refractivity contribution >= 4 is 5.97 Å². The number of hydrogen-bond donors (Lipinski definition) is 2. The second kappa shape index (κ2) is 2.71. The number of ether oxygens (including phenoxy) is 1. The second-order valence-corrected chi connectivity index (χ2v) is 3.57. The van der Waals surface area contributed by atoms with Crippen molar-refractivity contribution in [3.8, 4) is 0 Å². The van der Waals surface area contributed by atoms with Crippen LogP contribution in [0.4, 0.5) is 0 Å². The molecule has 2 fully saturated rings. The Morgan fingerprint density at radius 2 is 2.17 bits per heavy atom. The Labute approximate surface area is 70.1 Å². The predicted octanol–water partition coefficient (Wildman–Crippen LogP) is -0.000600. The first-order chi connectivity index (χ1) is 5.68. The van der Waals surface area contributed by atoms with E-state index in [1.165, 1.54) is 0 Å². The lowest BCUT2D eigenvalue weighted by Gasteiger charge is -2.19. The number of carboxylic acid groups (broad SMARTS) is 1. The molecule has 1 aliphatic carbocycles. The summed E-state index contributed by atoms with van der Waals surface area (Å²) in [7, 11) is 0. The average molecular weight is 172 g/mol. The summed E-state index contributed by atoms with van der Waals surface area (Å²) in [6, 6.07) is 0. The van der Waals surface area contributed by atoms with E-state index < -0.39 is 5.97 Å². The molecule has 1 heterocycles. The summed E-state index contributed by atoms with van der Waals surface area (Å²) in [4.78, 5) is 10.4. The summed E-state index contributed by atoms with van der Waals surface area (Å²) in [5, 5.41) is 17.8. The van der Waals surface area contributed by atoms with Gasteiger partial charge in [-0.1, -0.05) is 0 Å². The van der Waals surface area contributed by atoms with Crippen molar-refractivity contribution in [3.63, 3.8) is 0 Å². The van der Waals surface area contributed by atoms with Crippen molar-refractivity contribution in [2.24, 2.45) is 5.92 Å². The van der Waals surface area contributed by atoms with Crippen LogP contribution in [0.1, 0.15) is 19.3 Å². The third kappa shape index (κ3) is 1.32. The molecule has 68 valence electrons. The summed E-state index contributed by atoms with van der Waals surface area (Å²) < 4.78 is 5.19. The van der Waals surface area contributed by atoms with Gasteiger partial charge >= 0.3 is 5.97 Å². The lowest BCUT2D eigenvalue weighted by Crippen LogP contribution is -2.28. The fourth-order valence-electron chi connectivity index (χ4n) is 1.98. The Kier molecular flexibility index (Phi) is 1.81. The highest BCUT2D eigenvalue weighted by Gasteiger charge is 2.52. The Balaban J connectivity index is 1.90. The number of aliphatic hydroxyl groups excluding tert-OH is 1. The van der Waals surface area contributed by atoms with Crippen molar-refractivity contribution in [3.05, 3.63) is 0 Å². The standard InChI is InChI=1S/C8H12O4/c9-5-2-1-4(3-6(10)11)7-8(5)12-7/h4-5,7-9H,1-3H2,(H,10,11)/t4-,5+,7+,8-/m1/s1. The zero-order valence-electron chi connectivity index (χ0n) is 6.64. The maximum absolute atomic E-state index is 10.4. The molecule has 2 N–H and O–H groups in total. The summed E-state index contributed by atoms with van der Waals surface area (Å²) in [5.74, 6) is -0.651. The molecule has 0 aromatic heterocycles. The molecule has 1 saturated heterocycles. The Hall–Kier alpha value is -0.610. The Morgan fingerprint density at radius 3 is 2.83 bits per heavy atom. The molecule has 1 saturated carbocycles. The van der Waals surface area contributed by atoms with Crippen LogP contribution in [0.3, 0.4) is 0 Å². The van der Waals surface area contributed by atoms with Crippen molar-refractivity contribution in [2.45, 2.75) is 37.6 Å². The van der Waals surface area contributed by atoms with Crippen LogP contribution in [-0.2, 0) is 9.53 Å². The lowest BCUT2D eigenvalue weighted by atomic mass is 9.85. The highest BCUT2D eigenvalue weighted by molar-refractivity contribution is 5.67. The molecule has 0 amide bonds. The first kappa shape index (κ1) is 8.01. The zero-order valence-corrected chi connectivity index (χ0v) is 6.64. The fraction of sp³-hybridized carbons (Fsp3) is 0.875. The smallest absolute Gasteiger partial charge is 0.303 e. The molecule has 0 unspecified atom stereocenters. The van der Waals surface area contributed by atoms with E-state index in [0.29, 0.717) is 6.42 Å². The number of hydrogen-bond acceptors (Lipinski definition) is 3. The Bertz CT molecular complexity index is 203. The van der Waals surface area contributed by atoms with Gasteiger partial charge in [-0.15, -0.1) is 0 Å². The molecule has 2 rings (SSSR count). The number of aliphatic carboxylic acids is 1. The van der Waals surface area contributed by atoms with E-state index in [4.69, 9.17) is 9.84 Å². The van der Waals surface area contributed by atoms with Gasteiger partial charge in [0.1, 0.15) is 6.10 Å². The van der Waals surface area contributed by atoms with Crippen molar-refractivity contribution in [1.82, 2.24) is 0 Å². The molecule has 0 aromatic rings. The number of carboxylic acids is 1. The van der Waals surface area contributed by atoms with E-state index >= 15 is 0 Å². The number of rotatable bonds is 2. The number of fused-ring (bicyclic) bond motifs is 1. The summed E-state index contributed by atoms with van der Waals surface area (Å²) in [5.41, 5.74) is 0. The summed E-state index contributed by atoms with van der Waals surface area (Å²) >= 11 is 0. The monoisotopic (exact) mass is 172 g/mol. The van der Waals surface area contributed by atoms with Gasteiger partial charge in [0, 0.05) is 0 Å². The van der Waals surface area contributed by atoms with Gasteiger partial charge in [0.2, 0.25) is 0 Å². The molecule has 0 spiro atoms. The van der Waals surface area contributed by atoms with Crippen molar-refractivity contribution in [1.29, 1.82) is 0 Å². The average Bonchev–Trinajstić information content (AvgIpc) is 2.73. The minimum Gasteiger partial charge on any atom is -0.481 e. The highest BCUT2D eigenvalue weighted by Crippen LogP contribution is 2.42. The fourth-order valence-corrected chi connectivity index (χ4v) is 1.98. The van der Waals surface area contributed by atoms with E-state index in [9.17, 15) is 9.90 Å². The third-order valence-electron chi connectivity index (χ3n) is 2.68. The maximum Gasteiger partial charge on any atom is 0.303 e. The van der Waals surface area contributed by atoms with Gasteiger partial charge < -0.3 is 14.9 Å². The maximum atomic E-state index is 10.4. The molecule has 4 heteroatoms. The zero-order chi connectivity index (χ0) is 8.72. The first-order valence-electron chi connectivity index (χ1n) is 4.24. The molecular weight excluding hydrogens is 160 g/mol. The van der Waals surface area contributed by atoms with Crippen LogP contribution in [0.5, 0.6) is 0 Å². The topological polar surface area (TPSA) is 70.1 Å². The van der Waals surface area contributed by atoms with E-state index in [-0.39, 0.29) is 30.7 Å². The molecule has 4 atom stereocenters. The van der Waals surface area contributed by atoms with Crippen LogP contribution in [0.2, 0.25) is 0 Å². The van der Waals surface area contributed by atoms with Crippen LogP contribution >= 0.6 is 0 Å². The number of aliphatic hydroxyl groups is 1. The minimum atomic E-state index is -0.773. The SMILES string of the molecule is O=C(O)C[C@H]1CC[C@H](O)[C@H]2O[C@@H]12. The highest BCUT2D eigenvalue weighted by atomic mass is 16.6. The molecule has 4 nitrogen and oxygen atoms in total. The van der Waals surface area contributed by atoms with E-state index in [2.05, 4.69) is 0 Å². The normalized spacial score (nSPS) is 45.1. The quantitative estimate of drug-likeness (QED) is 0.575. The minimum absolute atomic E-state index is 0.0184. The van der Waals surface area contributed by atoms with Crippen LogP contribution < -0.4 is 0 Å². The van der Waals surface area contributed by atoms with Crippen LogP contribution in [0.15, 0.2) is 0 Å². The van der Waals surface area contributed by atoms with Gasteiger partial charge in [-0.2, -0.15) is 0 Å². The lowest BCUT2D eigenvalue weighted by molar-refractivity contribution is -0.138. The summed E-state index contributed by atoms with van der Waals surface area (Å²) in [6.07, 6.45) is 1.22. The van der Waals surface area contributed by atoms with E-state index in [1.807, 2.05) is 0 Å². The summed E-state index contributed by atoms with van der Waals surface area (Å²) in [6.45, 7) is 0. The van der Waals surface area contributed by atoms with Crippen molar-refractivity contribution in [2.75, 3.05) is 0 Å². The molecular formula is C8H12O4. The van der Waals surface area contributed by atoms with Gasteiger partial charge in [0.05, 0.1) is 18.6 Å². The van der Waals surface area contributed by atoms with Gasteiger partial charge in [-0.05, 0) is 18.8 Å². The second-order valence-electron chi connectivity index (χ2n) is 3.57. The third-order valence-corrected chi connectivity index (χ3v) is 2.68. The molecule has 0 aromatic carbocycles. The van der Waals surface area contributed by atoms with E-state index in [1.54, 1.807) is 0 Å². The Morgan fingerprint density at radius 1 is 1.42 bits per heavy atom. The van der Waals surface area contributed by atoms with Gasteiger partial charge in [-0.3, -0.25) is 4.79 Å². The van der Waals surface area contributed by atoms with Gasteiger partial charge in [0.15, 0.2) is 0 Å². The molecule has 0 bridgehead atoms. The van der Waals surface area contributed by atoms with E-state index in [0.717, 1.165) is 6.42 Å². The van der Waals surface area contributed by atoms with Crippen LogP contribution in [0, 0.1) is 5.92 Å². The number of epoxide rings is 1. The van der Waals surface area contributed by atoms with Crippen LogP contribution in [0.25, 0.3) is 0 Å². The van der Waals surface area contributed by atoms with Crippen LogP contribution in [-0.4, -0.2) is 34.5 Å². The van der Waals surface area contributed by atoms with Gasteiger partial charge in [0.25, 0.3) is 0 Å². The number of carbonyl (C=O) groups is 1. The molecule has 2 aliphatic rings. The molecule has 1 aliphatic heterocycles. The largest absolute Gasteiger partial charge is 0.481 e.